The highest BCUT2D eigenvalue weighted by molar-refractivity contribution is 5.95. The highest BCUT2D eigenvalue weighted by atomic mass is 16.3. The number of nitrogens with zero attached hydrogens (tertiary/aromatic N) is 2. The molecule has 1 unspecified atom stereocenters. The first-order valence-electron chi connectivity index (χ1n) is 5.41. The summed E-state index contributed by atoms with van der Waals surface area (Å²) in [5.41, 5.74) is 0.583. The first kappa shape index (κ1) is 10.7. The van der Waals surface area contributed by atoms with Gasteiger partial charge in [0.05, 0.1) is 11.6 Å². The standard InChI is InChI=1S/C12H14N2O2/c1-8-6-11(9(2)16-8)12(15)14-5-3-4-10(14)7-13/h6,10H,3-5H2,1-2H3. The van der Waals surface area contributed by atoms with Crippen LogP contribution in [-0.2, 0) is 0 Å². The van der Waals surface area contributed by atoms with Crippen molar-refractivity contribution in [1.29, 1.82) is 5.26 Å². The Morgan fingerprint density at radius 1 is 1.62 bits per heavy atom. The van der Waals surface area contributed by atoms with Crippen molar-refractivity contribution in [2.75, 3.05) is 6.54 Å². The lowest BCUT2D eigenvalue weighted by molar-refractivity contribution is 0.0763. The van der Waals surface area contributed by atoms with Gasteiger partial charge in [-0.3, -0.25) is 4.79 Å². The smallest absolute Gasteiger partial charge is 0.258 e. The molecule has 0 spiro atoms. The van der Waals surface area contributed by atoms with Gasteiger partial charge in [0.15, 0.2) is 0 Å². The summed E-state index contributed by atoms with van der Waals surface area (Å²) in [7, 11) is 0. The summed E-state index contributed by atoms with van der Waals surface area (Å²) in [5.74, 6) is 1.28. The van der Waals surface area contributed by atoms with Crippen LogP contribution in [0.4, 0.5) is 0 Å². The molecule has 1 atom stereocenters. The van der Waals surface area contributed by atoms with Crippen molar-refractivity contribution < 1.29 is 9.21 Å². The van der Waals surface area contributed by atoms with Crippen LogP contribution in [0.25, 0.3) is 0 Å². The number of likely N-dealkylation sites (tertiary alicyclic amines) is 1. The first-order valence-corrected chi connectivity index (χ1v) is 5.41. The van der Waals surface area contributed by atoms with Crippen LogP contribution in [0.5, 0.6) is 0 Å². The molecule has 2 heterocycles. The van der Waals surface area contributed by atoms with Gasteiger partial charge in [-0.15, -0.1) is 0 Å². The zero-order chi connectivity index (χ0) is 11.7. The summed E-state index contributed by atoms with van der Waals surface area (Å²) in [6.45, 7) is 4.26. The Balaban J connectivity index is 2.26. The van der Waals surface area contributed by atoms with Gasteiger partial charge in [-0.1, -0.05) is 0 Å². The first-order chi connectivity index (χ1) is 7.63. The Bertz CT molecular complexity index is 456. The van der Waals surface area contributed by atoms with Gasteiger partial charge in [-0.25, -0.2) is 0 Å². The molecule has 1 aromatic rings. The zero-order valence-corrected chi connectivity index (χ0v) is 9.49. The van der Waals surface area contributed by atoms with Gasteiger partial charge < -0.3 is 9.32 Å². The minimum atomic E-state index is -0.276. The Labute approximate surface area is 94.5 Å². The molecule has 16 heavy (non-hydrogen) atoms. The summed E-state index contributed by atoms with van der Waals surface area (Å²) < 4.78 is 5.33. The minimum Gasteiger partial charge on any atom is -0.466 e. The van der Waals surface area contributed by atoms with Gasteiger partial charge >= 0.3 is 0 Å². The van der Waals surface area contributed by atoms with E-state index >= 15 is 0 Å². The van der Waals surface area contributed by atoms with E-state index in [0.29, 0.717) is 17.9 Å². The zero-order valence-electron chi connectivity index (χ0n) is 9.49. The summed E-state index contributed by atoms with van der Waals surface area (Å²) >= 11 is 0. The van der Waals surface area contributed by atoms with Gasteiger partial charge in [0.2, 0.25) is 0 Å². The lowest BCUT2D eigenvalue weighted by Gasteiger charge is -2.18. The quantitative estimate of drug-likeness (QED) is 0.724. The van der Waals surface area contributed by atoms with Crippen molar-refractivity contribution in [3.05, 3.63) is 23.2 Å². The molecule has 1 fully saturated rings. The van der Waals surface area contributed by atoms with Crippen LogP contribution in [0.1, 0.15) is 34.7 Å². The Hall–Kier alpha value is -1.76. The number of furan rings is 1. The van der Waals surface area contributed by atoms with E-state index in [1.54, 1.807) is 17.9 Å². The molecule has 1 amide bonds. The van der Waals surface area contributed by atoms with Crippen molar-refractivity contribution >= 4 is 5.91 Å². The van der Waals surface area contributed by atoms with Gasteiger partial charge in [-0.2, -0.15) is 5.26 Å². The van der Waals surface area contributed by atoms with Crippen LogP contribution >= 0.6 is 0 Å². The Kier molecular flexibility index (Phi) is 2.69. The van der Waals surface area contributed by atoms with Crippen molar-refractivity contribution in [3.8, 4) is 6.07 Å². The average molecular weight is 218 g/mol. The van der Waals surface area contributed by atoms with E-state index in [0.717, 1.165) is 18.6 Å². The molecule has 0 bridgehead atoms. The largest absolute Gasteiger partial charge is 0.466 e. The predicted octanol–water partition coefficient (Wildman–Crippen LogP) is 2.02. The van der Waals surface area contributed by atoms with Gasteiger partial charge in [-0.05, 0) is 32.8 Å². The second-order valence-corrected chi connectivity index (χ2v) is 4.11. The number of amides is 1. The number of carbonyl (C=O) groups is 1. The number of hydrogen-bond donors (Lipinski definition) is 0. The van der Waals surface area contributed by atoms with E-state index in [4.69, 9.17) is 9.68 Å². The normalized spacial score (nSPS) is 19.8. The number of hydrogen-bond acceptors (Lipinski definition) is 3. The summed E-state index contributed by atoms with van der Waals surface area (Å²) in [4.78, 5) is 13.8. The maximum absolute atomic E-state index is 12.2. The molecule has 4 heteroatoms. The monoisotopic (exact) mass is 218 g/mol. The summed E-state index contributed by atoms with van der Waals surface area (Å²) in [5, 5.41) is 8.94. The second-order valence-electron chi connectivity index (χ2n) is 4.11. The SMILES string of the molecule is Cc1cc(C(=O)N2CCCC2C#N)c(C)o1. The third-order valence-corrected chi connectivity index (χ3v) is 2.93. The minimum absolute atomic E-state index is 0.0848. The third-order valence-electron chi connectivity index (χ3n) is 2.93. The maximum Gasteiger partial charge on any atom is 0.258 e. The van der Waals surface area contributed by atoms with Crippen molar-refractivity contribution in [2.24, 2.45) is 0 Å². The van der Waals surface area contributed by atoms with Gasteiger partial charge in [0.1, 0.15) is 17.6 Å². The topological polar surface area (TPSA) is 57.2 Å². The molecule has 1 aromatic heterocycles. The van der Waals surface area contributed by atoms with Crippen molar-refractivity contribution in [2.45, 2.75) is 32.7 Å². The molecule has 1 aliphatic heterocycles. The van der Waals surface area contributed by atoms with E-state index in [9.17, 15) is 4.79 Å². The van der Waals surface area contributed by atoms with E-state index in [1.807, 2.05) is 6.92 Å². The van der Waals surface area contributed by atoms with Crippen LogP contribution in [0.3, 0.4) is 0 Å². The fourth-order valence-corrected chi connectivity index (χ4v) is 2.14. The van der Waals surface area contributed by atoms with E-state index < -0.39 is 0 Å². The molecule has 1 saturated heterocycles. The second kappa shape index (κ2) is 4.01. The lowest BCUT2D eigenvalue weighted by atomic mass is 10.2. The van der Waals surface area contributed by atoms with Gasteiger partial charge in [0.25, 0.3) is 5.91 Å². The number of aryl methyl sites for hydroxylation is 2. The number of nitriles is 1. The number of rotatable bonds is 1. The lowest BCUT2D eigenvalue weighted by Crippen LogP contribution is -2.34. The van der Waals surface area contributed by atoms with Crippen LogP contribution in [0.15, 0.2) is 10.5 Å². The molecule has 0 N–H and O–H groups in total. The maximum atomic E-state index is 12.2. The van der Waals surface area contributed by atoms with Crippen LogP contribution in [0, 0.1) is 25.2 Å². The van der Waals surface area contributed by atoms with Crippen LogP contribution in [-0.4, -0.2) is 23.4 Å². The molecule has 0 saturated carbocycles. The van der Waals surface area contributed by atoms with Crippen LogP contribution < -0.4 is 0 Å². The third kappa shape index (κ3) is 1.69. The number of carbonyl (C=O) groups excluding carboxylic acids is 1. The fourth-order valence-electron chi connectivity index (χ4n) is 2.14. The predicted molar refractivity (Wildman–Crippen MR) is 57.9 cm³/mol. The van der Waals surface area contributed by atoms with E-state index in [2.05, 4.69) is 6.07 Å². The van der Waals surface area contributed by atoms with Gasteiger partial charge in [0, 0.05) is 6.54 Å². The molecule has 0 radical (unpaired) electrons. The molecule has 0 aliphatic carbocycles. The highest BCUT2D eigenvalue weighted by Gasteiger charge is 2.30. The molecule has 0 aromatic carbocycles. The van der Waals surface area contributed by atoms with E-state index in [-0.39, 0.29) is 11.9 Å². The van der Waals surface area contributed by atoms with Crippen LogP contribution in [0.2, 0.25) is 0 Å². The summed E-state index contributed by atoms with van der Waals surface area (Å²) in [6, 6.07) is 3.63. The molecule has 84 valence electrons. The van der Waals surface area contributed by atoms with Crippen molar-refractivity contribution in [3.63, 3.8) is 0 Å². The highest BCUT2D eigenvalue weighted by Crippen LogP contribution is 2.22. The molecular formula is C12H14N2O2. The Morgan fingerprint density at radius 2 is 2.38 bits per heavy atom. The van der Waals surface area contributed by atoms with E-state index in [1.165, 1.54) is 0 Å². The molecule has 2 rings (SSSR count). The molecular weight excluding hydrogens is 204 g/mol. The Morgan fingerprint density at radius 3 is 2.94 bits per heavy atom. The molecule has 4 nitrogen and oxygen atoms in total. The average Bonchev–Trinajstić information content (AvgIpc) is 2.83. The summed E-state index contributed by atoms with van der Waals surface area (Å²) in [6.07, 6.45) is 1.68. The molecule has 1 aliphatic rings. The fraction of sp³-hybridized carbons (Fsp3) is 0.500. The van der Waals surface area contributed by atoms with Crippen molar-refractivity contribution in [1.82, 2.24) is 4.90 Å².